The van der Waals surface area contributed by atoms with Crippen LogP contribution in [0.4, 0.5) is 0 Å². The average molecular weight is 755 g/mol. The molecule has 0 radical (unpaired) electrons. The summed E-state index contributed by atoms with van der Waals surface area (Å²) >= 11 is 0. The Morgan fingerprint density at radius 2 is 1.53 bits per heavy atom. The van der Waals surface area contributed by atoms with Gasteiger partial charge in [-0.2, -0.15) is 0 Å². The second-order valence-electron chi connectivity index (χ2n) is 15.3. The van der Waals surface area contributed by atoms with Crippen molar-refractivity contribution in [3.63, 3.8) is 0 Å². The van der Waals surface area contributed by atoms with Gasteiger partial charge in [-0.1, -0.05) is 71.9 Å². The molecule has 1 aromatic rings. The van der Waals surface area contributed by atoms with Gasteiger partial charge in [-0.25, -0.2) is 4.79 Å². The van der Waals surface area contributed by atoms with Crippen LogP contribution in [0.2, 0.25) is 16.6 Å². The molecule has 3 atom stereocenters. The van der Waals surface area contributed by atoms with Crippen molar-refractivity contribution in [1.29, 1.82) is 0 Å². The van der Waals surface area contributed by atoms with E-state index in [2.05, 4.69) is 61.1 Å². The highest BCUT2D eigenvalue weighted by molar-refractivity contribution is 6.77. The Labute approximate surface area is 322 Å². The zero-order valence-electron chi connectivity index (χ0n) is 34.8. The van der Waals surface area contributed by atoms with Crippen molar-refractivity contribution in [2.24, 2.45) is 11.8 Å². The molecule has 0 spiro atoms. The minimum Gasteiger partial charge on any atom is -0.497 e. The molecule has 0 fully saturated rings. The number of methoxy groups -OCH3 is 2. The number of hydrogen-bond acceptors (Lipinski definition) is 8. The van der Waals surface area contributed by atoms with Gasteiger partial charge < -0.3 is 28.1 Å². The lowest BCUT2D eigenvalue weighted by atomic mass is 9.72. The first-order valence-corrected chi connectivity index (χ1v) is 21.7. The third kappa shape index (κ3) is 14.4. The maximum atomic E-state index is 14.2. The van der Waals surface area contributed by atoms with Gasteiger partial charge in [-0.05, 0) is 116 Å². The summed E-state index contributed by atoms with van der Waals surface area (Å²) in [6, 6.07) is 7.81. The lowest BCUT2D eigenvalue weighted by Crippen LogP contribution is -2.47. The normalized spacial score (nSPS) is 18.5. The molecule has 53 heavy (non-hydrogen) atoms. The quantitative estimate of drug-likeness (QED) is 0.0185. The number of esters is 1. The van der Waals surface area contributed by atoms with Gasteiger partial charge in [0.2, 0.25) is 0 Å². The van der Waals surface area contributed by atoms with E-state index < -0.39 is 14.3 Å². The van der Waals surface area contributed by atoms with Crippen LogP contribution in [0.3, 0.4) is 0 Å². The molecule has 8 nitrogen and oxygen atoms in total. The van der Waals surface area contributed by atoms with Crippen molar-refractivity contribution in [2.45, 2.75) is 130 Å². The van der Waals surface area contributed by atoms with Gasteiger partial charge in [0.25, 0.3) is 0 Å². The highest BCUT2D eigenvalue weighted by atomic mass is 28.4. The summed E-state index contributed by atoms with van der Waals surface area (Å²) in [5, 5.41) is 0. The molecular formula is C44H70O8Si. The molecule has 1 aromatic carbocycles. The van der Waals surface area contributed by atoms with Crippen LogP contribution in [0.5, 0.6) is 5.75 Å². The fourth-order valence-electron chi connectivity index (χ4n) is 8.12. The minimum absolute atomic E-state index is 0.00124. The van der Waals surface area contributed by atoms with E-state index in [4.69, 9.17) is 28.1 Å². The monoisotopic (exact) mass is 754 g/mol. The molecule has 0 aromatic heterocycles. The van der Waals surface area contributed by atoms with E-state index in [1.807, 2.05) is 31.2 Å². The summed E-state index contributed by atoms with van der Waals surface area (Å²) in [5.74, 6) is 0.410. The molecule has 0 aliphatic heterocycles. The number of benzene rings is 1. The van der Waals surface area contributed by atoms with E-state index in [0.717, 1.165) is 46.4 Å². The van der Waals surface area contributed by atoms with E-state index in [1.54, 1.807) is 33.3 Å². The molecule has 2 rings (SSSR count). The predicted octanol–water partition coefficient (Wildman–Crippen LogP) is 10.5. The van der Waals surface area contributed by atoms with Gasteiger partial charge in [-0.15, -0.1) is 0 Å². The van der Waals surface area contributed by atoms with Gasteiger partial charge in [0.05, 0.1) is 26.4 Å². The van der Waals surface area contributed by atoms with E-state index >= 15 is 0 Å². The van der Waals surface area contributed by atoms with Crippen LogP contribution < -0.4 is 4.74 Å². The second-order valence-corrected chi connectivity index (χ2v) is 20.8. The average Bonchev–Trinajstić information content (AvgIpc) is 3.10. The van der Waals surface area contributed by atoms with Crippen molar-refractivity contribution < 1.29 is 37.7 Å². The van der Waals surface area contributed by atoms with Crippen LogP contribution in [-0.4, -0.2) is 67.0 Å². The standard InChI is InChI=1S/C44H70O8Si/c1-13-50-43(46)27-38(16-14-24-49-29-36-19-21-40(48-12)22-20-36)37(17-15-25-52-53(32(4)5,33(6)7)34(8)9)26-39(45)28-42-41(31(2)3)23-18-35(10)44(42)51-30-47-11/h18-22,26-27,32-34,41-42,44H,2,13-17,23-25,28-30H2,1,3-12H3/b37-26+,38-27+/t41-,42-,44-/m0/s1. The maximum absolute atomic E-state index is 14.2. The number of ketones is 1. The predicted molar refractivity (Wildman–Crippen MR) is 217 cm³/mol. The number of carbonyl (C=O) groups is 2. The van der Waals surface area contributed by atoms with E-state index in [0.29, 0.717) is 62.1 Å². The Balaban J connectivity index is 2.40. The van der Waals surface area contributed by atoms with Crippen LogP contribution in [0.1, 0.15) is 106 Å². The molecule has 9 heteroatoms. The summed E-state index contributed by atoms with van der Waals surface area (Å²) in [5.41, 5.74) is 6.24. The number of rotatable bonds is 25. The molecule has 1 aliphatic rings. The molecule has 0 saturated heterocycles. The molecule has 0 N–H and O–H groups in total. The largest absolute Gasteiger partial charge is 0.497 e. The highest BCUT2D eigenvalue weighted by Crippen LogP contribution is 2.43. The lowest BCUT2D eigenvalue weighted by molar-refractivity contribution is -0.137. The van der Waals surface area contributed by atoms with Crippen molar-refractivity contribution in [2.75, 3.05) is 40.8 Å². The van der Waals surface area contributed by atoms with Crippen LogP contribution in [0.15, 0.2) is 71.4 Å². The first kappa shape index (κ1) is 46.3. The van der Waals surface area contributed by atoms with Gasteiger partial charge in [0, 0.05) is 38.7 Å². The fraction of sp³-hybridized carbons (Fsp3) is 0.636. The summed E-state index contributed by atoms with van der Waals surface area (Å²) in [7, 11) is 1.18. The molecule has 0 heterocycles. The SMILES string of the molecule is C=C(C)[C@@H]1CC=C(C)[C@H](OCOC)[C@H]1CC(=O)/C=C(CCCO[Si](C(C)C)(C(C)C)C(C)C)/C(=C/C(=O)OCC)CCCOCc1ccc(OC)cc1. The van der Waals surface area contributed by atoms with Crippen molar-refractivity contribution in [3.05, 3.63) is 76.9 Å². The van der Waals surface area contributed by atoms with Crippen LogP contribution in [0.25, 0.3) is 0 Å². The van der Waals surface area contributed by atoms with Gasteiger partial charge in [-0.3, -0.25) is 4.79 Å². The first-order chi connectivity index (χ1) is 25.2. The topological polar surface area (TPSA) is 89.5 Å². The lowest BCUT2D eigenvalue weighted by Gasteiger charge is -2.42. The Bertz CT molecular complexity index is 1350. The Kier molecular flexibility index (Phi) is 20.9. The third-order valence-electron chi connectivity index (χ3n) is 10.6. The van der Waals surface area contributed by atoms with Crippen LogP contribution in [-0.2, 0) is 39.6 Å². The summed E-state index contributed by atoms with van der Waals surface area (Å²) in [6.45, 7) is 25.9. The number of carbonyl (C=O) groups excluding carboxylic acids is 2. The Hall–Kier alpha value is -2.82. The smallest absolute Gasteiger partial charge is 0.331 e. The van der Waals surface area contributed by atoms with Crippen LogP contribution >= 0.6 is 0 Å². The van der Waals surface area contributed by atoms with Crippen molar-refractivity contribution in [3.8, 4) is 5.75 Å². The van der Waals surface area contributed by atoms with Crippen LogP contribution in [0, 0.1) is 11.8 Å². The first-order valence-electron chi connectivity index (χ1n) is 19.6. The zero-order chi connectivity index (χ0) is 39.6. The molecular weight excluding hydrogens is 685 g/mol. The summed E-state index contributed by atoms with van der Waals surface area (Å²) in [4.78, 5) is 27.1. The second kappa shape index (κ2) is 23.9. The van der Waals surface area contributed by atoms with Crippen molar-refractivity contribution >= 4 is 20.1 Å². The van der Waals surface area contributed by atoms with Gasteiger partial charge in [0.1, 0.15) is 12.5 Å². The molecule has 0 amide bonds. The van der Waals surface area contributed by atoms with E-state index in [1.165, 1.54) is 0 Å². The molecule has 0 bridgehead atoms. The van der Waals surface area contributed by atoms with Crippen molar-refractivity contribution in [1.82, 2.24) is 0 Å². The Morgan fingerprint density at radius 1 is 0.925 bits per heavy atom. The fourth-order valence-corrected chi connectivity index (χ4v) is 13.6. The highest BCUT2D eigenvalue weighted by Gasteiger charge is 2.44. The van der Waals surface area contributed by atoms with Gasteiger partial charge >= 0.3 is 5.97 Å². The molecule has 298 valence electrons. The number of allylic oxidation sites excluding steroid dienone is 5. The van der Waals surface area contributed by atoms with E-state index in [9.17, 15) is 9.59 Å². The number of ether oxygens (including phenoxy) is 5. The molecule has 0 unspecified atom stereocenters. The molecule has 1 aliphatic carbocycles. The number of hydrogen-bond donors (Lipinski definition) is 0. The van der Waals surface area contributed by atoms with Gasteiger partial charge in [0.15, 0.2) is 14.1 Å². The zero-order valence-corrected chi connectivity index (χ0v) is 35.8. The molecule has 0 saturated carbocycles. The Morgan fingerprint density at radius 3 is 2.08 bits per heavy atom. The van der Waals surface area contributed by atoms with E-state index in [-0.39, 0.29) is 37.1 Å². The third-order valence-corrected chi connectivity index (χ3v) is 16.7. The summed E-state index contributed by atoms with van der Waals surface area (Å²) < 4.78 is 35.0. The maximum Gasteiger partial charge on any atom is 0.331 e. The summed E-state index contributed by atoms with van der Waals surface area (Å²) in [6.07, 6.45) is 8.93. The minimum atomic E-state index is -2.07.